The molecule has 2 rings (SSSR count). The first-order chi connectivity index (χ1) is 10.1. The van der Waals surface area contributed by atoms with E-state index in [-0.39, 0.29) is 24.8 Å². The molecule has 0 radical (unpaired) electrons. The van der Waals surface area contributed by atoms with Crippen molar-refractivity contribution in [2.24, 2.45) is 5.73 Å². The van der Waals surface area contributed by atoms with Gasteiger partial charge >= 0.3 is 6.61 Å². The predicted octanol–water partition coefficient (Wildman–Crippen LogP) is 3.03. The number of hydrogen-bond acceptors (Lipinski definition) is 4. The number of nitrogens with zero attached hydrogens (tertiary/aromatic N) is 1. The number of halogens is 2. The van der Waals surface area contributed by atoms with Crippen LogP contribution >= 0.6 is 0 Å². The average Bonchev–Trinajstić information content (AvgIpc) is 2.45. The Morgan fingerprint density at radius 3 is 2.57 bits per heavy atom. The summed E-state index contributed by atoms with van der Waals surface area (Å²) in [6.07, 6.45) is 0. The van der Waals surface area contributed by atoms with Crippen molar-refractivity contribution in [2.45, 2.75) is 26.7 Å². The molecule has 0 spiro atoms. The normalized spacial score (nSPS) is 10.7. The SMILES string of the molecule is Cc1cc(OC(F)F)c(CN)c(OCc2ccccc2)n1. The van der Waals surface area contributed by atoms with Crippen LogP contribution in [0.15, 0.2) is 36.4 Å². The fraction of sp³-hybridized carbons (Fsp3) is 0.267. The Bertz CT molecular complexity index is 592. The summed E-state index contributed by atoms with van der Waals surface area (Å²) in [6, 6.07) is 10.9. The number of alkyl halides is 2. The Labute approximate surface area is 121 Å². The lowest BCUT2D eigenvalue weighted by molar-refractivity contribution is -0.0506. The Morgan fingerprint density at radius 1 is 1.24 bits per heavy atom. The molecule has 0 aliphatic carbocycles. The van der Waals surface area contributed by atoms with E-state index in [1.165, 1.54) is 6.07 Å². The van der Waals surface area contributed by atoms with Crippen molar-refractivity contribution in [3.05, 3.63) is 53.2 Å². The first kappa shape index (κ1) is 15.2. The number of aryl methyl sites for hydroxylation is 1. The predicted molar refractivity (Wildman–Crippen MR) is 74.3 cm³/mol. The van der Waals surface area contributed by atoms with Gasteiger partial charge in [0.15, 0.2) is 0 Å². The topological polar surface area (TPSA) is 57.4 Å². The van der Waals surface area contributed by atoms with Crippen LogP contribution in [-0.4, -0.2) is 11.6 Å². The van der Waals surface area contributed by atoms with E-state index in [4.69, 9.17) is 10.5 Å². The van der Waals surface area contributed by atoms with E-state index in [1.807, 2.05) is 30.3 Å². The molecule has 0 saturated carbocycles. The number of hydrogen-bond donors (Lipinski definition) is 1. The third-order valence-electron chi connectivity index (χ3n) is 2.81. The van der Waals surface area contributed by atoms with E-state index in [2.05, 4.69) is 9.72 Å². The van der Waals surface area contributed by atoms with E-state index >= 15 is 0 Å². The molecule has 0 aliphatic heterocycles. The van der Waals surface area contributed by atoms with E-state index in [0.717, 1.165) is 5.56 Å². The van der Waals surface area contributed by atoms with Gasteiger partial charge in [0.2, 0.25) is 5.88 Å². The quantitative estimate of drug-likeness (QED) is 0.889. The van der Waals surface area contributed by atoms with Gasteiger partial charge in [-0.1, -0.05) is 30.3 Å². The maximum absolute atomic E-state index is 12.4. The average molecular weight is 294 g/mol. The summed E-state index contributed by atoms with van der Waals surface area (Å²) in [5.74, 6) is 0.222. The van der Waals surface area contributed by atoms with E-state index in [1.54, 1.807) is 6.92 Å². The van der Waals surface area contributed by atoms with Crippen LogP contribution in [0.5, 0.6) is 11.6 Å². The second-order valence-corrected chi connectivity index (χ2v) is 4.40. The third kappa shape index (κ3) is 4.13. The van der Waals surface area contributed by atoms with Crippen LogP contribution in [0.3, 0.4) is 0 Å². The van der Waals surface area contributed by atoms with Crippen LogP contribution in [0.1, 0.15) is 16.8 Å². The number of rotatable bonds is 6. The molecule has 1 aromatic carbocycles. The minimum absolute atomic E-state index is 0.000539. The summed E-state index contributed by atoms with van der Waals surface area (Å²) in [5, 5.41) is 0. The van der Waals surface area contributed by atoms with Crippen LogP contribution in [0.2, 0.25) is 0 Å². The first-order valence-corrected chi connectivity index (χ1v) is 6.42. The second-order valence-electron chi connectivity index (χ2n) is 4.40. The monoisotopic (exact) mass is 294 g/mol. The molecule has 0 aliphatic rings. The molecule has 112 valence electrons. The zero-order chi connectivity index (χ0) is 15.2. The van der Waals surface area contributed by atoms with Crippen LogP contribution in [0, 0.1) is 6.92 Å². The van der Waals surface area contributed by atoms with Gasteiger partial charge < -0.3 is 15.2 Å². The molecule has 0 saturated heterocycles. The summed E-state index contributed by atoms with van der Waals surface area (Å²) in [7, 11) is 0. The molecule has 0 bridgehead atoms. The Hall–Kier alpha value is -2.21. The van der Waals surface area contributed by atoms with E-state index in [0.29, 0.717) is 11.3 Å². The molecule has 4 nitrogen and oxygen atoms in total. The molecule has 1 aromatic heterocycles. The van der Waals surface area contributed by atoms with Gasteiger partial charge in [0.1, 0.15) is 12.4 Å². The van der Waals surface area contributed by atoms with Crippen molar-refractivity contribution in [3.63, 3.8) is 0 Å². The summed E-state index contributed by atoms with van der Waals surface area (Å²) < 4.78 is 34.9. The summed E-state index contributed by atoms with van der Waals surface area (Å²) in [6.45, 7) is -0.967. The molecule has 0 fully saturated rings. The molecule has 6 heteroatoms. The van der Waals surface area contributed by atoms with Gasteiger partial charge in [-0.2, -0.15) is 8.78 Å². The molecular weight excluding hydrogens is 278 g/mol. The van der Waals surface area contributed by atoms with E-state index in [9.17, 15) is 8.78 Å². The molecule has 0 unspecified atom stereocenters. The Morgan fingerprint density at radius 2 is 1.95 bits per heavy atom. The lowest BCUT2D eigenvalue weighted by Crippen LogP contribution is -2.11. The van der Waals surface area contributed by atoms with Gasteiger partial charge in [-0.25, -0.2) is 4.98 Å². The highest BCUT2D eigenvalue weighted by atomic mass is 19.3. The number of nitrogens with two attached hydrogens (primary N) is 1. The highest BCUT2D eigenvalue weighted by Crippen LogP contribution is 2.29. The van der Waals surface area contributed by atoms with Gasteiger partial charge in [0.25, 0.3) is 0 Å². The van der Waals surface area contributed by atoms with Crippen molar-refractivity contribution in [3.8, 4) is 11.6 Å². The van der Waals surface area contributed by atoms with Gasteiger partial charge in [0, 0.05) is 18.3 Å². The molecule has 1 heterocycles. The summed E-state index contributed by atoms with van der Waals surface area (Å²) >= 11 is 0. The first-order valence-electron chi connectivity index (χ1n) is 6.42. The van der Waals surface area contributed by atoms with Crippen molar-refractivity contribution in [1.29, 1.82) is 0 Å². The zero-order valence-corrected chi connectivity index (χ0v) is 11.6. The highest BCUT2D eigenvalue weighted by Gasteiger charge is 2.16. The minimum atomic E-state index is -2.92. The molecule has 0 amide bonds. The van der Waals surface area contributed by atoms with Crippen molar-refractivity contribution < 1.29 is 18.3 Å². The fourth-order valence-corrected chi connectivity index (χ4v) is 1.88. The molecule has 21 heavy (non-hydrogen) atoms. The Balaban J connectivity index is 2.23. The minimum Gasteiger partial charge on any atom is -0.472 e. The zero-order valence-electron chi connectivity index (χ0n) is 11.6. The molecular formula is C15H16F2N2O2. The van der Waals surface area contributed by atoms with Gasteiger partial charge in [-0.05, 0) is 12.5 Å². The van der Waals surface area contributed by atoms with Gasteiger partial charge in [-0.15, -0.1) is 0 Å². The van der Waals surface area contributed by atoms with Gasteiger partial charge in [0.05, 0.1) is 5.56 Å². The lowest BCUT2D eigenvalue weighted by Gasteiger charge is -2.15. The fourth-order valence-electron chi connectivity index (χ4n) is 1.88. The highest BCUT2D eigenvalue weighted by molar-refractivity contribution is 5.42. The summed E-state index contributed by atoms with van der Waals surface area (Å²) in [4.78, 5) is 4.20. The number of pyridine rings is 1. The van der Waals surface area contributed by atoms with E-state index < -0.39 is 6.61 Å². The van der Waals surface area contributed by atoms with Crippen molar-refractivity contribution in [2.75, 3.05) is 0 Å². The van der Waals surface area contributed by atoms with Gasteiger partial charge in [-0.3, -0.25) is 0 Å². The molecule has 0 atom stereocenters. The number of benzene rings is 1. The summed E-state index contributed by atoms with van der Waals surface area (Å²) in [5.41, 5.74) is 7.40. The number of ether oxygens (including phenoxy) is 2. The second kappa shape index (κ2) is 6.99. The standard InChI is InChI=1S/C15H16F2N2O2/c1-10-7-13(21-15(16)17)12(8-18)14(19-10)20-9-11-5-3-2-4-6-11/h2-7,15H,8-9,18H2,1H3. The van der Waals surface area contributed by atoms with Crippen molar-refractivity contribution >= 4 is 0 Å². The van der Waals surface area contributed by atoms with Crippen LogP contribution in [0.4, 0.5) is 8.78 Å². The maximum Gasteiger partial charge on any atom is 0.387 e. The third-order valence-corrected chi connectivity index (χ3v) is 2.81. The molecule has 2 N–H and O–H groups in total. The largest absolute Gasteiger partial charge is 0.472 e. The smallest absolute Gasteiger partial charge is 0.387 e. The molecule has 2 aromatic rings. The van der Waals surface area contributed by atoms with Crippen LogP contribution in [-0.2, 0) is 13.2 Å². The lowest BCUT2D eigenvalue weighted by atomic mass is 10.2. The van der Waals surface area contributed by atoms with Crippen LogP contribution in [0.25, 0.3) is 0 Å². The number of aromatic nitrogens is 1. The maximum atomic E-state index is 12.4. The van der Waals surface area contributed by atoms with Crippen LogP contribution < -0.4 is 15.2 Å². The van der Waals surface area contributed by atoms with Crippen molar-refractivity contribution in [1.82, 2.24) is 4.98 Å². The Kier molecular flexibility index (Phi) is 5.05.